The number of hydrogen-bond acceptors (Lipinski definition) is 5. The van der Waals surface area contributed by atoms with Crippen molar-refractivity contribution in [3.05, 3.63) is 71.4 Å². The Morgan fingerprint density at radius 2 is 1.83 bits per heavy atom. The van der Waals surface area contributed by atoms with E-state index in [1.807, 2.05) is 42.5 Å². The minimum absolute atomic E-state index is 0.00312. The highest BCUT2D eigenvalue weighted by Crippen LogP contribution is 2.37. The summed E-state index contributed by atoms with van der Waals surface area (Å²) in [5, 5.41) is 6.66. The number of carbonyl (C=O) groups excluding carboxylic acids is 1. The summed E-state index contributed by atoms with van der Waals surface area (Å²) in [5.41, 5.74) is 3.19. The van der Waals surface area contributed by atoms with E-state index >= 15 is 0 Å². The fourth-order valence-electron chi connectivity index (χ4n) is 4.09. The lowest BCUT2D eigenvalue weighted by Gasteiger charge is -2.36. The lowest BCUT2D eigenvalue weighted by atomic mass is 9.76. The van der Waals surface area contributed by atoms with Crippen molar-refractivity contribution in [2.24, 2.45) is 16.9 Å². The predicted molar refractivity (Wildman–Crippen MR) is 117 cm³/mol. The molecule has 0 N–H and O–H groups in total. The van der Waals surface area contributed by atoms with E-state index in [0.717, 1.165) is 28.7 Å². The van der Waals surface area contributed by atoms with Gasteiger partial charge in [0, 0.05) is 5.92 Å². The highest BCUT2D eigenvalue weighted by molar-refractivity contribution is 6.32. The van der Waals surface area contributed by atoms with Crippen LogP contribution in [0.25, 0.3) is 11.0 Å². The van der Waals surface area contributed by atoms with Crippen LogP contribution in [0.3, 0.4) is 0 Å². The molecule has 0 fully saturated rings. The van der Waals surface area contributed by atoms with Gasteiger partial charge in [-0.3, -0.25) is 9.78 Å². The topological polar surface area (TPSA) is 67.7 Å². The molecular weight excluding hydrogens is 400 g/mol. The molecule has 2 atom stereocenters. The summed E-state index contributed by atoms with van der Waals surface area (Å²) in [5.74, 6) is 0.764. The summed E-state index contributed by atoms with van der Waals surface area (Å²) in [6.07, 6.45) is 7.20. The van der Waals surface area contributed by atoms with Crippen molar-refractivity contribution in [2.75, 3.05) is 12.1 Å². The Morgan fingerprint density at radius 3 is 2.60 bits per heavy atom. The van der Waals surface area contributed by atoms with Crippen molar-refractivity contribution in [1.29, 1.82) is 0 Å². The molecule has 2 heterocycles. The van der Waals surface area contributed by atoms with Gasteiger partial charge in [0.15, 0.2) is 5.82 Å². The van der Waals surface area contributed by atoms with Crippen molar-refractivity contribution in [1.82, 2.24) is 9.97 Å². The fourth-order valence-corrected chi connectivity index (χ4v) is 4.35. The van der Waals surface area contributed by atoms with E-state index < -0.39 is 0 Å². The predicted octanol–water partition coefficient (Wildman–Crippen LogP) is 4.63. The molecular formula is C23H19ClN4O2. The van der Waals surface area contributed by atoms with E-state index in [9.17, 15) is 4.79 Å². The maximum atomic E-state index is 13.3. The maximum Gasteiger partial charge on any atom is 0.252 e. The molecule has 6 nitrogen and oxygen atoms in total. The van der Waals surface area contributed by atoms with Crippen molar-refractivity contribution < 1.29 is 9.53 Å². The van der Waals surface area contributed by atoms with Crippen LogP contribution in [0.1, 0.15) is 18.4 Å². The molecule has 0 saturated heterocycles. The molecule has 5 rings (SSSR count). The van der Waals surface area contributed by atoms with Gasteiger partial charge >= 0.3 is 0 Å². The largest absolute Gasteiger partial charge is 0.495 e. The van der Waals surface area contributed by atoms with Gasteiger partial charge in [-0.15, -0.1) is 0 Å². The van der Waals surface area contributed by atoms with E-state index in [-0.39, 0.29) is 17.7 Å². The van der Waals surface area contributed by atoms with Gasteiger partial charge in [-0.25, -0.2) is 4.98 Å². The second-order valence-corrected chi connectivity index (χ2v) is 7.76. The highest BCUT2D eigenvalue weighted by atomic mass is 35.5. The molecule has 0 unspecified atom stereocenters. The summed E-state index contributed by atoms with van der Waals surface area (Å²) in [6, 6.07) is 13.2. The van der Waals surface area contributed by atoms with Gasteiger partial charge in [-0.1, -0.05) is 35.9 Å². The molecule has 3 aromatic rings. The van der Waals surface area contributed by atoms with E-state index in [4.69, 9.17) is 21.4 Å². The van der Waals surface area contributed by atoms with Crippen molar-refractivity contribution in [3.8, 4) is 5.75 Å². The molecule has 0 bridgehead atoms. The lowest BCUT2D eigenvalue weighted by Crippen LogP contribution is -2.45. The Kier molecular flexibility index (Phi) is 4.71. The van der Waals surface area contributed by atoms with Gasteiger partial charge in [0.05, 0.1) is 41.0 Å². The molecule has 2 aromatic carbocycles. The third kappa shape index (κ3) is 3.13. The molecule has 150 valence electrons. The number of amides is 1. The number of allylic oxidation sites excluding steroid dienone is 2. The number of para-hydroxylation sites is 2. The Morgan fingerprint density at radius 1 is 1.07 bits per heavy atom. The molecule has 1 aromatic heterocycles. The van der Waals surface area contributed by atoms with Crippen LogP contribution in [0.15, 0.2) is 65.9 Å². The van der Waals surface area contributed by atoms with E-state index in [0.29, 0.717) is 23.0 Å². The number of rotatable bonds is 3. The van der Waals surface area contributed by atoms with Crippen LogP contribution in [-0.4, -0.2) is 28.7 Å². The van der Waals surface area contributed by atoms with Gasteiger partial charge in [-0.2, -0.15) is 10.1 Å². The third-order valence-electron chi connectivity index (χ3n) is 5.62. The molecule has 0 saturated carbocycles. The van der Waals surface area contributed by atoms with E-state index in [2.05, 4.69) is 22.1 Å². The zero-order chi connectivity index (χ0) is 20.7. The van der Waals surface area contributed by atoms with Gasteiger partial charge in [0.2, 0.25) is 0 Å². The number of methoxy groups -OCH3 is 1. The second-order valence-electron chi connectivity index (χ2n) is 7.36. The number of nitrogens with zero attached hydrogens (tertiary/aromatic N) is 4. The zero-order valence-electron chi connectivity index (χ0n) is 16.3. The third-order valence-corrected chi connectivity index (χ3v) is 5.91. The quantitative estimate of drug-likeness (QED) is 0.582. The Balaban J connectivity index is 1.63. The number of halogens is 1. The second kappa shape index (κ2) is 7.54. The number of fused-ring (bicyclic) bond motifs is 2. The van der Waals surface area contributed by atoms with Crippen molar-refractivity contribution in [3.63, 3.8) is 0 Å². The monoisotopic (exact) mass is 418 g/mol. The van der Waals surface area contributed by atoms with E-state index in [1.165, 1.54) is 5.01 Å². The molecule has 0 radical (unpaired) electrons. The molecule has 7 heteroatoms. The fraction of sp³-hybridized carbons (Fsp3) is 0.217. The average molecular weight is 419 g/mol. The van der Waals surface area contributed by atoms with Crippen LogP contribution in [0.4, 0.5) is 5.82 Å². The SMILES string of the molecule is COc1ccc(C2=NN(c3cnc4ccccc4n3)C(=O)[C@H]3CC=CC[C@@H]23)cc1Cl. The summed E-state index contributed by atoms with van der Waals surface area (Å²) < 4.78 is 5.28. The molecule has 1 aliphatic heterocycles. The Bertz CT molecular complexity index is 1210. The number of benzene rings is 2. The molecule has 1 aliphatic carbocycles. The average Bonchev–Trinajstić information content (AvgIpc) is 2.79. The number of aromatic nitrogens is 2. The first-order valence-electron chi connectivity index (χ1n) is 9.79. The van der Waals surface area contributed by atoms with Crippen LogP contribution >= 0.6 is 11.6 Å². The van der Waals surface area contributed by atoms with Crippen LogP contribution in [0.2, 0.25) is 5.02 Å². The standard InChI is InChI=1S/C23H19ClN4O2/c1-30-20-11-10-14(12-17(20)24)22-15-6-2-3-7-16(15)23(29)28(27-22)21-13-25-18-8-4-5-9-19(18)26-21/h2-5,8-13,15-16H,6-7H2,1H3/t15-,16+/m1/s1. The van der Waals surface area contributed by atoms with Gasteiger partial charge in [0.25, 0.3) is 5.91 Å². The first kappa shape index (κ1) is 18.8. The summed E-state index contributed by atoms with van der Waals surface area (Å²) in [6.45, 7) is 0. The Hall–Kier alpha value is -3.25. The van der Waals surface area contributed by atoms with Gasteiger partial charge < -0.3 is 4.74 Å². The molecule has 30 heavy (non-hydrogen) atoms. The van der Waals surface area contributed by atoms with Gasteiger partial charge in [-0.05, 0) is 48.7 Å². The molecule has 1 amide bonds. The zero-order valence-corrected chi connectivity index (χ0v) is 17.1. The number of anilines is 1. The number of ether oxygens (including phenoxy) is 1. The highest BCUT2D eigenvalue weighted by Gasteiger charge is 2.41. The minimum atomic E-state index is -0.198. The van der Waals surface area contributed by atoms with E-state index in [1.54, 1.807) is 13.3 Å². The lowest BCUT2D eigenvalue weighted by molar-refractivity contribution is -0.123. The van der Waals surface area contributed by atoms with Crippen LogP contribution in [0.5, 0.6) is 5.75 Å². The first-order chi connectivity index (χ1) is 14.7. The smallest absolute Gasteiger partial charge is 0.252 e. The number of hydrazone groups is 1. The first-order valence-corrected chi connectivity index (χ1v) is 10.2. The molecule has 2 aliphatic rings. The van der Waals surface area contributed by atoms with Crippen LogP contribution < -0.4 is 9.75 Å². The van der Waals surface area contributed by atoms with Crippen molar-refractivity contribution in [2.45, 2.75) is 12.8 Å². The summed E-state index contributed by atoms with van der Waals surface area (Å²) in [7, 11) is 1.58. The number of hydrogen-bond donors (Lipinski definition) is 0. The molecule has 0 spiro atoms. The van der Waals surface area contributed by atoms with Crippen molar-refractivity contribution >= 4 is 40.1 Å². The minimum Gasteiger partial charge on any atom is -0.495 e. The number of carbonyl (C=O) groups is 1. The van der Waals surface area contributed by atoms with Crippen LogP contribution in [0, 0.1) is 11.8 Å². The van der Waals surface area contributed by atoms with Crippen LogP contribution in [-0.2, 0) is 4.79 Å². The van der Waals surface area contributed by atoms with Gasteiger partial charge in [0.1, 0.15) is 5.75 Å². The maximum absolute atomic E-state index is 13.3. The summed E-state index contributed by atoms with van der Waals surface area (Å²) in [4.78, 5) is 22.4. The normalized spacial score (nSPS) is 20.8. The Labute approximate surface area is 178 Å². The summed E-state index contributed by atoms with van der Waals surface area (Å²) >= 11 is 6.37.